The maximum absolute atomic E-state index is 13.4. The molecule has 1 aliphatic rings. The van der Waals surface area contributed by atoms with Crippen LogP contribution in [0.3, 0.4) is 0 Å². The van der Waals surface area contributed by atoms with E-state index >= 15 is 0 Å². The van der Waals surface area contributed by atoms with Crippen molar-refractivity contribution in [3.05, 3.63) is 84.6 Å². The van der Waals surface area contributed by atoms with Gasteiger partial charge in [-0.15, -0.1) is 0 Å². The zero-order valence-electron chi connectivity index (χ0n) is 18.3. The fourth-order valence-electron chi connectivity index (χ4n) is 4.57. The van der Waals surface area contributed by atoms with Crippen LogP contribution in [0.15, 0.2) is 52.1 Å². The molecule has 0 amide bonds. The fourth-order valence-corrected chi connectivity index (χ4v) is 5.07. The van der Waals surface area contributed by atoms with E-state index in [0.29, 0.717) is 45.4 Å². The number of fused-ring (bicyclic) bond motifs is 3. The van der Waals surface area contributed by atoms with Crippen LogP contribution in [0.5, 0.6) is 5.75 Å². The number of ether oxygens (including phenoxy) is 2. The molecule has 7 nitrogen and oxygen atoms in total. The van der Waals surface area contributed by atoms with E-state index in [-0.39, 0.29) is 5.56 Å². The Morgan fingerprint density at radius 1 is 1.03 bits per heavy atom. The number of hydrogen-bond donors (Lipinski definition) is 0. The Bertz CT molecular complexity index is 1520. The fraction of sp³-hybridized carbons (Fsp3) is 0.250. The molecule has 33 heavy (non-hydrogen) atoms. The highest BCUT2D eigenvalue weighted by Crippen LogP contribution is 2.42. The summed E-state index contributed by atoms with van der Waals surface area (Å²) in [5.74, 6) is 0.727. The molecule has 0 saturated heterocycles. The molecule has 4 aromatic rings. The van der Waals surface area contributed by atoms with Crippen LogP contribution >= 0.6 is 23.2 Å². The van der Waals surface area contributed by atoms with E-state index in [2.05, 4.69) is 0 Å². The minimum absolute atomic E-state index is 0.385. The molecule has 5 rings (SSSR count). The second kappa shape index (κ2) is 8.09. The highest BCUT2D eigenvalue weighted by Gasteiger charge is 2.33. The average molecular weight is 486 g/mol. The van der Waals surface area contributed by atoms with Crippen LogP contribution in [0.25, 0.3) is 22.2 Å². The van der Waals surface area contributed by atoms with Gasteiger partial charge in [0.05, 0.1) is 41.0 Å². The van der Waals surface area contributed by atoms with E-state index in [9.17, 15) is 9.59 Å². The minimum Gasteiger partial charge on any atom is -0.497 e. The summed E-state index contributed by atoms with van der Waals surface area (Å²) in [6, 6.07) is 12.8. The molecule has 9 heteroatoms. The predicted octanol–water partition coefficient (Wildman–Crippen LogP) is 4.14. The maximum atomic E-state index is 13.4. The smallest absolute Gasteiger partial charge is 0.331 e. The molecule has 1 atom stereocenters. The number of methoxy groups -OCH3 is 1. The van der Waals surface area contributed by atoms with E-state index in [1.807, 2.05) is 28.8 Å². The SMILES string of the molecule is COc1ccc([C@@H]2OCCn3c(-c4ccc(Cl)cc4Cl)c4c(=O)n(C)c(=O)n(C)c4c32)cc1. The minimum atomic E-state index is -0.482. The van der Waals surface area contributed by atoms with Crippen LogP contribution in [0.2, 0.25) is 10.0 Å². The van der Waals surface area contributed by atoms with Crippen LogP contribution in [-0.4, -0.2) is 27.4 Å². The van der Waals surface area contributed by atoms with Crippen LogP contribution < -0.4 is 16.0 Å². The normalized spacial score (nSPS) is 15.6. The second-order valence-electron chi connectivity index (χ2n) is 7.96. The molecule has 0 bridgehead atoms. The summed E-state index contributed by atoms with van der Waals surface area (Å²) >= 11 is 12.7. The summed E-state index contributed by atoms with van der Waals surface area (Å²) in [5, 5.41) is 1.34. The standard InChI is InChI=1S/C24H21Cl2N3O4/c1-27-20-18(23(30)28(2)24(27)31)19(16-9-6-14(25)12-17(16)26)29-10-11-33-22(21(20)29)13-4-7-15(32-3)8-5-13/h4-9,12,22H,10-11H2,1-3H3/t22-/m0/s1. The third-order valence-electron chi connectivity index (χ3n) is 6.16. The largest absolute Gasteiger partial charge is 0.497 e. The van der Waals surface area contributed by atoms with E-state index < -0.39 is 11.8 Å². The van der Waals surface area contributed by atoms with Gasteiger partial charge in [0.25, 0.3) is 5.56 Å². The molecular weight excluding hydrogens is 465 g/mol. The van der Waals surface area contributed by atoms with Gasteiger partial charge in [0, 0.05) is 31.2 Å². The first-order valence-corrected chi connectivity index (χ1v) is 11.1. The number of aryl methyl sites for hydroxylation is 1. The van der Waals surface area contributed by atoms with Crippen LogP contribution in [0, 0.1) is 0 Å². The lowest BCUT2D eigenvalue weighted by Gasteiger charge is -2.28. The second-order valence-corrected chi connectivity index (χ2v) is 8.81. The molecule has 0 aliphatic carbocycles. The summed E-state index contributed by atoms with van der Waals surface area (Å²) in [6.45, 7) is 0.930. The maximum Gasteiger partial charge on any atom is 0.331 e. The lowest BCUT2D eigenvalue weighted by Crippen LogP contribution is -2.37. The van der Waals surface area contributed by atoms with E-state index in [1.165, 1.54) is 11.6 Å². The number of nitrogens with zero attached hydrogens (tertiary/aromatic N) is 3. The highest BCUT2D eigenvalue weighted by molar-refractivity contribution is 6.36. The first-order chi connectivity index (χ1) is 15.8. The zero-order chi connectivity index (χ0) is 23.4. The number of hydrogen-bond acceptors (Lipinski definition) is 4. The number of halogens is 2. The van der Waals surface area contributed by atoms with Crippen molar-refractivity contribution in [2.45, 2.75) is 12.6 Å². The Morgan fingerprint density at radius 2 is 1.76 bits per heavy atom. The molecule has 3 heterocycles. The highest BCUT2D eigenvalue weighted by atomic mass is 35.5. The van der Waals surface area contributed by atoms with Crippen molar-refractivity contribution in [1.29, 1.82) is 0 Å². The third kappa shape index (κ3) is 3.30. The molecule has 0 N–H and O–H groups in total. The van der Waals surface area contributed by atoms with E-state index in [1.54, 1.807) is 32.4 Å². The lowest BCUT2D eigenvalue weighted by atomic mass is 10.0. The number of aromatic nitrogens is 3. The molecule has 2 aromatic heterocycles. The quantitative estimate of drug-likeness (QED) is 0.437. The Labute approximate surface area is 199 Å². The Hall–Kier alpha value is -3.00. The molecule has 1 aliphatic heterocycles. The summed E-state index contributed by atoms with van der Waals surface area (Å²) in [7, 11) is 4.75. The molecule has 0 spiro atoms. The molecule has 0 saturated carbocycles. The molecule has 170 valence electrons. The van der Waals surface area contributed by atoms with Gasteiger partial charge in [-0.05, 0) is 35.9 Å². The van der Waals surface area contributed by atoms with Crippen molar-refractivity contribution in [2.75, 3.05) is 13.7 Å². The van der Waals surface area contributed by atoms with Gasteiger partial charge >= 0.3 is 5.69 Å². The monoisotopic (exact) mass is 485 g/mol. The first-order valence-electron chi connectivity index (χ1n) is 10.4. The summed E-state index contributed by atoms with van der Waals surface area (Å²) in [4.78, 5) is 26.3. The van der Waals surface area contributed by atoms with Crippen molar-refractivity contribution in [2.24, 2.45) is 14.1 Å². The Balaban J connectivity index is 1.91. The van der Waals surface area contributed by atoms with Crippen LogP contribution in [0.1, 0.15) is 17.4 Å². The molecule has 2 aromatic carbocycles. The molecule has 0 fully saturated rings. The predicted molar refractivity (Wildman–Crippen MR) is 129 cm³/mol. The van der Waals surface area contributed by atoms with Crippen LogP contribution in [0.4, 0.5) is 0 Å². The van der Waals surface area contributed by atoms with Gasteiger partial charge in [-0.3, -0.25) is 13.9 Å². The average Bonchev–Trinajstić information content (AvgIpc) is 3.17. The molecular formula is C24H21Cl2N3O4. The van der Waals surface area contributed by atoms with Gasteiger partial charge in [0.15, 0.2) is 0 Å². The van der Waals surface area contributed by atoms with Crippen molar-refractivity contribution in [3.63, 3.8) is 0 Å². The Morgan fingerprint density at radius 3 is 2.42 bits per heavy atom. The topological polar surface area (TPSA) is 67.4 Å². The van der Waals surface area contributed by atoms with Gasteiger partial charge in [0.2, 0.25) is 0 Å². The van der Waals surface area contributed by atoms with Crippen molar-refractivity contribution in [1.82, 2.24) is 13.7 Å². The zero-order valence-corrected chi connectivity index (χ0v) is 19.8. The van der Waals surface area contributed by atoms with Crippen molar-refractivity contribution in [3.8, 4) is 17.0 Å². The number of benzene rings is 2. The molecule has 0 unspecified atom stereocenters. The lowest BCUT2D eigenvalue weighted by molar-refractivity contribution is 0.0478. The van der Waals surface area contributed by atoms with Gasteiger partial charge in [-0.25, -0.2) is 4.79 Å². The summed E-state index contributed by atoms with van der Waals surface area (Å²) < 4.78 is 16.1. The molecule has 0 radical (unpaired) electrons. The van der Waals surface area contributed by atoms with Crippen molar-refractivity contribution >= 4 is 34.1 Å². The van der Waals surface area contributed by atoms with Crippen molar-refractivity contribution < 1.29 is 9.47 Å². The third-order valence-corrected chi connectivity index (χ3v) is 6.71. The van der Waals surface area contributed by atoms with E-state index in [4.69, 9.17) is 32.7 Å². The Kier molecular flexibility index (Phi) is 5.35. The van der Waals surface area contributed by atoms with Gasteiger partial charge in [0.1, 0.15) is 11.9 Å². The summed E-state index contributed by atoms with van der Waals surface area (Å²) in [6.07, 6.45) is -0.482. The van der Waals surface area contributed by atoms with Gasteiger partial charge in [-0.2, -0.15) is 0 Å². The van der Waals surface area contributed by atoms with E-state index in [0.717, 1.165) is 21.6 Å². The van der Waals surface area contributed by atoms with Gasteiger partial charge in [-0.1, -0.05) is 35.3 Å². The first kappa shape index (κ1) is 21.8. The number of rotatable bonds is 3. The van der Waals surface area contributed by atoms with Crippen LogP contribution in [-0.2, 0) is 25.4 Å². The van der Waals surface area contributed by atoms with Gasteiger partial charge < -0.3 is 14.0 Å². The summed E-state index contributed by atoms with van der Waals surface area (Å²) in [5.41, 5.74) is 2.68.